The zero-order valence-electron chi connectivity index (χ0n) is 16.3. The molecule has 0 radical (unpaired) electrons. The van der Waals surface area contributed by atoms with Crippen molar-refractivity contribution in [3.63, 3.8) is 0 Å². The van der Waals surface area contributed by atoms with Crippen LogP contribution in [0.15, 0.2) is 16.5 Å². The van der Waals surface area contributed by atoms with E-state index in [-0.39, 0.29) is 17.9 Å². The molecule has 1 saturated heterocycles. The third kappa shape index (κ3) is 3.81. The number of amides is 2. The molecular formula is C21H32N2O3. The van der Waals surface area contributed by atoms with Crippen LogP contribution in [0.3, 0.4) is 0 Å². The zero-order valence-corrected chi connectivity index (χ0v) is 16.3. The molecule has 1 aromatic rings. The lowest BCUT2D eigenvalue weighted by Gasteiger charge is -2.51. The molecule has 1 N–H and O–H groups in total. The fourth-order valence-electron chi connectivity index (χ4n) is 4.59. The first-order valence-corrected chi connectivity index (χ1v) is 10.1. The molecule has 2 amide bonds. The fraction of sp³-hybridized carbons (Fsp3) is 0.714. The van der Waals surface area contributed by atoms with Gasteiger partial charge in [0.2, 0.25) is 11.8 Å². The summed E-state index contributed by atoms with van der Waals surface area (Å²) < 4.78 is 5.58. The molecule has 2 aliphatic rings. The van der Waals surface area contributed by atoms with E-state index in [0.29, 0.717) is 25.3 Å². The first-order valence-electron chi connectivity index (χ1n) is 10.1. The maximum absolute atomic E-state index is 13.2. The third-order valence-electron chi connectivity index (χ3n) is 6.09. The summed E-state index contributed by atoms with van der Waals surface area (Å²) in [5.41, 5.74) is -0.426. The van der Waals surface area contributed by atoms with Crippen LogP contribution in [-0.4, -0.2) is 29.3 Å². The topological polar surface area (TPSA) is 62.6 Å². The number of piperidine rings is 1. The molecule has 2 atom stereocenters. The summed E-state index contributed by atoms with van der Waals surface area (Å²) >= 11 is 0. The number of likely N-dealkylation sites (tertiary alicyclic amines) is 1. The highest BCUT2D eigenvalue weighted by Crippen LogP contribution is 2.46. The van der Waals surface area contributed by atoms with Crippen molar-refractivity contribution in [2.75, 3.05) is 6.54 Å². The lowest BCUT2D eigenvalue weighted by Crippen LogP contribution is -2.61. The predicted molar refractivity (Wildman–Crippen MR) is 100 cm³/mol. The molecule has 144 valence electrons. The molecule has 3 rings (SSSR count). The van der Waals surface area contributed by atoms with Crippen LogP contribution < -0.4 is 5.32 Å². The molecule has 1 aromatic heterocycles. The minimum absolute atomic E-state index is 0.0505. The average molecular weight is 360 g/mol. The lowest BCUT2D eigenvalue weighted by atomic mass is 9.64. The van der Waals surface area contributed by atoms with Crippen LogP contribution in [0.5, 0.6) is 0 Å². The summed E-state index contributed by atoms with van der Waals surface area (Å²) in [6, 6.07) is 3.87. The van der Waals surface area contributed by atoms with Gasteiger partial charge < -0.3 is 14.6 Å². The smallest absolute Gasteiger partial charge is 0.228 e. The van der Waals surface area contributed by atoms with Gasteiger partial charge in [-0.25, -0.2) is 0 Å². The second-order valence-electron chi connectivity index (χ2n) is 8.38. The lowest BCUT2D eigenvalue weighted by molar-refractivity contribution is -0.155. The van der Waals surface area contributed by atoms with E-state index in [1.165, 1.54) is 0 Å². The highest BCUT2D eigenvalue weighted by Gasteiger charge is 2.52. The molecule has 5 nitrogen and oxygen atoms in total. The van der Waals surface area contributed by atoms with Gasteiger partial charge in [0.15, 0.2) is 0 Å². The van der Waals surface area contributed by atoms with Gasteiger partial charge in [-0.05, 0) is 50.7 Å². The number of aryl methyl sites for hydroxylation is 1. The minimum atomic E-state index is -0.426. The molecule has 2 heterocycles. The number of nitrogens with zero attached hydrogens (tertiary/aromatic N) is 1. The third-order valence-corrected chi connectivity index (χ3v) is 6.09. The van der Waals surface area contributed by atoms with Crippen molar-refractivity contribution in [1.82, 2.24) is 10.2 Å². The van der Waals surface area contributed by atoms with Crippen LogP contribution in [0, 0.1) is 18.3 Å². The number of carbonyl (C=O) groups is 2. The van der Waals surface area contributed by atoms with Gasteiger partial charge in [0.25, 0.3) is 0 Å². The number of hydrogen-bond donors (Lipinski definition) is 1. The molecule has 26 heavy (non-hydrogen) atoms. The standard InChI is InChI=1S/C21H32N2O3/c1-15(2)10-13-23-18-6-4-5-11-21(18,12-9-19(23)24)20(25)22-14-17-8-7-16(3)26-17/h7-8,15,18H,4-6,9-14H2,1-3H3,(H,22,25)/t18-,21-/m1/s1. The van der Waals surface area contributed by atoms with E-state index in [4.69, 9.17) is 4.42 Å². The Kier molecular flexibility index (Phi) is 5.73. The van der Waals surface area contributed by atoms with Crippen molar-refractivity contribution in [3.8, 4) is 0 Å². The molecule has 1 saturated carbocycles. The van der Waals surface area contributed by atoms with Crippen molar-refractivity contribution in [2.45, 2.75) is 78.3 Å². The SMILES string of the molecule is Cc1ccc(CNC(=O)[C@@]23CCCC[C@H]2N(CCC(C)C)C(=O)CC3)o1. The van der Waals surface area contributed by atoms with Crippen LogP contribution in [0.25, 0.3) is 0 Å². The van der Waals surface area contributed by atoms with Gasteiger partial charge in [-0.3, -0.25) is 9.59 Å². The van der Waals surface area contributed by atoms with Gasteiger partial charge in [-0.2, -0.15) is 0 Å². The van der Waals surface area contributed by atoms with Crippen molar-refractivity contribution < 1.29 is 14.0 Å². The van der Waals surface area contributed by atoms with Gasteiger partial charge in [0, 0.05) is 19.0 Å². The Hall–Kier alpha value is -1.78. The van der Waals surface area contributed by atoms with E-state index in [0.717, 1.165) is 50.2 Å². The van der Waals surface area contributed by atoms with E-state index in [1.807, 2.05) is 24.0 Å². The van der Waals surface area contributed by atoms with Gasteiger partial charge in [0.05, 0.1) is 12.0 Å². The number of carbonyl (C=O) groups excluding carboxylic acids is 2. The Morgan fingerprint density at radius 3 is 2.85 bits per heavy atom. The molecular weight excluding hydrogens is 328 g/mol. The van der Waals surface area contributed by atoms with Crippen LogP contribution in [0.4, 0.5) is 0 Å². The second-order valence-corrected chi connectivity index (χ2v) is 8.38. The Balaban J connectivity index is 1.74. The summed E-state index contributed by atoms with van der Waals surface area (Å²) in [6.07, 6.45) is 6.15. The molecule has 1 aliphatic carbocycles. The summed E-state index contributed by atoms with van der Waals surface area (Å²) in [4.78, 5) is 27.8. The Labute approximate surface area is 156 Å². The monoisotopic (exact) mass is 360 g/mol. The largest absolute Gasteiger partial charge is 0.465 e. The quantitative estimate of drug-likeness (QED) is 0.839. The van der Waals surface area contributed by atoms with E-state index in [2.05, 4.69) is 19.2 Å². The first-order chi connectivity index (χ1) is 12.4. The van der Waals surface area contributed by atoms with Crippen LogP contribution in [-0.2, 0) is 16.1 Å². The van der Waals surface area contributed by atoms with Crippen LogP contribution in [0.1, 0.15) is 70.3 Å². The summed E-state index contributed by atoms with van der Waals surface area (Å²) in [5.74, 6) is 2.51. The van der Waals surface area contributed by atoms with Gasteiger partial charge in [-0.1, -0.05) is 26.7 Å². The highest BCUT2D eigenvalue weighted by molar-refractivity contribution is 5.88. The first kappa shape index (κ1) is 19.0. The average Bonchev–Trinajstić information content (AvgIpc) is 3.04. The number of furan rings is 1. The van der Waals surface area contributed by atoms with Crippen molar-refractivity contribution in [2.24, 2.45) is 11.3 Å². The summed E-state index contributed by atoms with van der Waals surface area (Å²) in [6.45, 7) is 7.45. The molecule has 0 bridgehead atoms. The molecule has 0 aromatic carbocycles. The molecule has 1 aliphatic heterocycles. The number of nitrogens with one attached hydrogen (secondary N) is 1. The minimum Gasteiger partial charge on any atom is -0.465 e. The molecule has 0 spiro atoms. The number of rotatable bonds is 6. The van der Waals surface area contributed by atoms with Crippen molar-refractivity contribution >= 4 is 11.8 Å². The Morgan fingerprint density at radius 1 is 1.35 bits per heavy atom. The van der Waals surface area contributed by atoms with E-state index in [1.54, 1.807) is 0 Å². The normalized spacial score (nSPS) is 26.1. The van der Waals surface area contributed by atoms with Gasteiger partial charge in [-0.15, -0.1) is 0 Å². The Morgan fingerprint density at radius 2 is 2.15 bits per heavy atom. The summed E-state index contributed by atoms with van der Waals surface area (Å²) in [7, 11) is 0. The molecule has 5 heteroatoms. The Bertz CT molecular complexity index is 651. The maximum atomic E-state index is 13.2. The number of fused-ring (bicyclic) bond motifs is 1. The van der Waals surface area contributed by atoms with Gasteiger partial charge >= 0.3 is 0 Å². The van der Waals surface area contributed by atoms with E-state index < -0.39 is 5.41 Å². The van der Waals surface area contributed by atoms with Crippen LogP contribution in [0.2, 0.25) is 0 Å². The summed E-state index contributed by atoms with van der Waals surface area (Å²) in [5, 5.41) is 3.10. The molecule has 0 unspecified atom stereocenters. The van der Waals surface area contributed by atoms with E-state index >= 15 is 0 Å². The van der Waals surface area contributed by atoms with Crippen molar-refractivity contribution in [1.29, 1.82) is 0 Å². The van der Waals surface area contributed by atoms with E-state index in [9.17, 15) is 9.59 Å². The zero-order chi connectivity index (χ0) is 18.7. The fourth-order valence-corrected chi connectivity index (χ4v) is 4.59. The predicted octanol–water partition coefficient (Wildman–Crippen LogP) is 3.80. The van der Waals surface area contributed by atoms with Gasteiger partial charge in [0.1, 0.15) is 11.5 Å². The van der Waals surface area contributed by atoms with Crippen LogP contribution >= 0.6 is 0 Å². The molecule has 2 fully saturated rings. The maximum Gasteiger partial charge on any atom is 0.228 e. The second kappa shape index (κ2) is 7.85. The highest BCUT2D eigenvalue weighted by atomic mass is 16.3. The number of hydrogen-bond acceptors (Lipinski definition) is 3. The van der Waals surface area contributed by atoms with Crippen molar-refractivity contribution in [3.05, 3.63) is 23.7 Å².